The van der Waals surface area contributed by atoms with Crippen LogP contribution in [-0.4, -0.2) is 46.0 Å². The summed E-state index contributed by atoms with van der Waals surface area (Å²) in [6.07, 6.45) is -1.55. The number of aromatic hydroxyl groups is 1. The van der Waals surface area contributed by atoms with E-state index in [-0.39, 0.29) is 41.0 Å². The van der Waals surface area contributed by atoms with Crippen LogP contribution in [0.4, 0.5) is 10.5 Å². The number of aryl methyl sites for hydroxylation is 1. The Kier molecular flexibility index (Phi) is 5.61. The number of anilines is 1. The highest BCUT2D eigenvalue weighted by Gasteiger charge is 2.28. The van der Waals surface area contributed by atoms with Gasteiger partial charge in [-0.25, -0.2) is 4.79 Å². The average Bonchev–Trinajstić information content (AvgIpc) is 2.69. The fraction of sp³-hybridized carbons (Fsp3) is 0.278. The highest BCUT2D eigenvalue weighted by molar-refractivity contribution is 7.86. The number of fused-ring (bicyclic) bond motifs is 1. The van der Waals surface area contributed by atoms with Crippen molar-refractivity contribution in [2.24, 2.45) is 0 Å². The lowest BCUT2D eigenvalue weighted by Gasteiger charge is -2.27. The third-order valence-electron chi connectivity index (χ3n) is 3.95. The summed E-state index contributed by atoms with van der Waals surface area (Å²) in [5, 5.41) is 12.6. The summed E-state index contributed by atoms with van der Waals surface area (Å²) in [5.74, 6) is -0.138. The van der Waals surface area contributed by atoms with Crippen LogP contribution >= 0.6 is 0 Å². The summed E-state index contributed by atoms with van der Waals surface area (Å²) in [6.45, 7) is 1.56. The molecule has 1 aliphatic rings. The second-order valence-electron chi connectivity index (χ2n) is 6.01. The van der Waals surface area contributed by atoms with Gasteiger partial charge in [-0.1, -0.05) is 17.7 Å². The maximum absolute atomic E-state index is 12.3. The third kappa shape index (κ3) is 4.29. The molecule has 0 fully saturated rings. The van der Waals surface area contributed by atoms with E-state index in [1.807, 2.05) is 6.92 Å². The van der Waals surface area contributed by atoms with Crippen molar-refractivity contribution in [1.82, 2.24) is 0 Å². The molecule has 1 atom stereocenters. The predicted octanol–water partition coefficient (Wildman–Crippen LogP) is 2.42. The zero-order valence-electron chi connectivity index (χ0n) is 15.2. The van der Waals surface area contributed by atoms with Gasteiger partial charge in [0.05, 0.1) is 17.7 Å². The number of ether oxygens (including phenoxy) is 3. The molecule has 1 amide bonds. The van der Waals surface area contributed by atoms with Gasteiger partial charge in [-0.05, 0) is 31.2 Å². The summed E-state index contributed by atoms with van der Waals surface area (Å²) >= 11 is 0. The van der Waals surface area contributed by atoms with Crippen LogP contribution in [0.2, 0.25) is 0 Å². The predicted molar refractivity (Wildman–Crippen MR) is 98.4 cm³/mol. The van der Waals surface area contributed by atoms with E-state index in [2.05, 4.69) is 10.1 Å². The number of hydrogen-bond acceptors (Lipinski definition) is 8. The number of carbonyl (C=O) groups is 1. The minimum atomic E-state index is -3.96. The molecule has 10 heteroatoms. The molecule has 1 heterocycles. The molecular weight excluding hydrogens is 390 g/mol. The molecule has 2 aromatic carbocycles. The summed E-state index contributed by atoms with van der Waals surface area (Å²) < 4.78 is 45.2. The smallest absolute Gasteiger partial charge is 0.411 e. The highest BCUT2D eigenvalue weighted by atomic mass is 32.2. The molecule has 1 aliphatic heterocycles. The Labute approximate surface area is 161 Å². The van der Waals surface area contributed by atoms with Crippen molar-refractivity contribution in [3.05, 3.63) is 42.0 Å². The standard InChI is InChI=1S/C18H19NO8S/c1-11-3-5-13(6-4-11)28(22,23)26-10-12-9-25-15-8-7-14(19-18(21)24-2)16(20)17(15)27-12/h3-8,12,20H,9-10H2,1-2H3,(H,19,21). The fourth-order valence-corrected chi connectivity index (χ4v) is 3.38. The molecule has 0 spiro atoms. The minimum absolute atomic E-state index is 0.0264. The van der Waals surface area contributed by atoms with Crippen molar-refractivity contribution in [2.45, 2.75) is 17.9 Å². The van der Waals surface area contributed by atoms with E-state index in [0.717, 1.165) is 5.56 Å². The Balaban J connectivity index is 1.70. The van der Waals surface area contributed by atoms with Gasteiger partial charge in [0.15, 0.2) is 17.6 Å². The van der Waals surface area contributed by atoms with Crippen LogP contribution in [0.5, 0.6) is 17.2 Å². The van der Waals surface area contributed by atoms with E-state index in [9.17, 15) is 18.3 Å². The van der Waals surface area contributed by atoms with E-state index in [1.165, 1.54) is 31.4 Å². The Morgan fingerprint density at radius 1 is 1.25 bits per heavy atom. The van der Waals surface area contributed by atoms with E-state index in [4.69, 9.17) is 13.7 Å². The lowest BCUT2D eigenvalue weighted by molar-refractivity contribution is 0.0529. The maximum atomic E-state index is 12.3. The first-order chi connectivity index (χ1) is 13.3. The minimum Gasteiger partial charge on any atom is -0.503 e. The molecule has 0 aliphatic carbocycles. The van der Waals surface area contributed by atoms with Crippen LogP contribution in [-0.2, 0) is 19.0 Å². The number of amides is 1. The molecular formula is C18H19NO8S. The molecule has 1 unspecified atom stereocenters. The van der Waals surface area contributed by atoms with Crippen molar-refractivity contribution in [3.63, 3.8) is 0 Å². The Bertz CT molecular complexity index is 972. The number of benzene rings is 2. The largest absolute Gasteiger partial charge is 0.503 e. The summed E-state index contributed by atoms with van der Waals surface area (Å²) in [5.41, 5.74) is 0.981. The second-order valence-corrected chi connectivity index (χ2v) is 7.62. The van der Waals surface area contributed by atoms with E-state index < -0.39 is 22.3 Å². The van der Waals surface area contributed by atoms with Crippen LogP contribution in [0.25, 0.3) is 0 Å². The molecule has 150 valence electrons. The van der Waals surface area contributed by atoms with E-state index in [1.54, 1.807) is 12.1 Å². The first-order valence-electron chi connectivity index (χ1n) is 8.26. The van der Waals surface area contributed by atoms with Crippen LogP contribution < -0.4 is 14.8 Å². The Morgan fingerprint density at radius 2 is 1.96 bits per heavy atom. The van der Waals surface area contributed by atoms with Crippen LogP contribution in [0, 0.1) is 6.92 Å². The van der Waals surface area contributed by atoms with Crippen molar-refractivity contribution in [2.75, 3.05) is 25.6 Å². The van der Waals surface area contributed by atoms with Crippen molar-refractivity contribution in [1.29, 1.82) is 0 Å². The zero-order valence-corrected chi connectivity index (χ0v) is 16.0. The molecule has 0 radical (unpaired) electrons. The van der Waals surface area contributed by atoms with Gasteiger partial charge in [-0.3, -0.25) is 9.50 Å². The number of carbonyl (C=O) groups excluding carboxylic acids is 1. The topological polar surface area (TPSA) is 120 Å². The second kappa shape index (κ2) is 7.95. The first kappa shape index (κ1) is 19.8. The van der Waals surface area contributed by atoms with Crippen LogP contribution in [0.3, 0.4) is 0 Å². The summed E-state index contributed by atoms with van der Waals surface area (Å²) in [6, 6.07) is 9.16. The zero-order chi connectivity index (χ0) is 20.3. The summed E-state index contributed by atoms with van der Waals surface area (Å²) in [4.78, 5) is 11.4. The van der Waals surface area contributed by atoms with Gasteiger partial charge in [0, 0.05) is 0 Å². The molecule has 9 nitrogen and oxygen atoms in total. The highest BCUT2D eigenvalue weighted by Crippen LogP contribution is 2.44. The van der Waals surface area contributed by atoms with Gasteiger partial charge in [0.25, 0.3) is 10.1 Å². The van der Waals surface area contributed by atoms with E-state index >= 15 is 0 Å². The first-order valence-corrected chi connectivity index (χ1v) is 9.67. The molecule has 0 saturated carbocycles. The normalized spacial score (nSPS) is 15.7. The number of hydrogen-bond donors (Lipinski definition) is 2. The van der Waals surface area contributed by atoms with Gasteiger partial charge >= 0.3 is 6.09 Å². The van der Waals surface area contributed by atoms with Crippen LogP contribution in [0.1, 0.15) is 5.56 Å². The average molecular weight is 409 g/mol. The van der Waals surface area contributed by atoms with Gasteiger partial charge in [0.1, 0.15) is 13.2 Å². The van der Waals surface area contributed by atoms with Gasteiger partial charge < -0.3 is 19.3 Å². The van der Waals surface area contributed by atoms with Crippen molar-refractivity contribution < 1.29 is 36.7 Å². The van der Waals surface area contributed by atoms with Gasteiger partial charge in [0.2, 0.25) is 5.75 Å². The molecule has 3 rings (SSSR count). The maximum Gasteiger partial charge on any atom is 0.411 e. The lowest BCUT2D eigenvalue weighted by Crippen LogP contribution is -2.34. The Morgan fingerprint density at radius 3 is 2.64 bits per heavy atom. The molecule has 28 heavy (non-hydrogen) atoms. The molecule has 2 N–H and O–H groups in total. The number of rotatable bonds is 5. The van der Waals surface area contributed by atoms with E-state index in [0.29, 0.717) is 0 Å². The molecule has 0 saturated heterocycles. The third-order valence-corrected chi connectivity index (χ3v) is 5.24. The van der Waals surface area contributed by atoms with Crippen molar-refractivity contribution >= 4 is 21.9 Å². The quantitative estimate of drug-likeness (QED) is 0.571. The van der Waals surface area contributed by atoms with Gasteiger partial charge in [-0.15, -0.1) is 0 Å². The summed E-state index contributed by atoms with van der Waals surface area (Å²) in [7, 11) is -2.78. The number of phenols is 1. The number of methoxy groups -OCH3 is 1. The van der Waals surface area contributed by atoms with Crippen LogP contribution in [0.15, 0.2) is 41.3 Å². The van der Waals surface area contributed by atoms with Crippen molar-refractivity contribution in [3.8, 4) is 17.2 Å². The number of nitrogens with one attached hydrogen (secondary N) is 1. The monoisotopic (exact) mass is 409 g/mol. The Hall–Kier alpha value is -2.98. The number of phenolic OH excluding ortho intramolecular Hbond substituents is 1. The fourth-order valence-electron chi connectivity index (χ4n) is 2.45. The SMILES string of the molecule is COC(=O)Nc1ccc2c(c1O)OC(COS(=O)(=O)c1ccc(C)cc1)CO2. The molecule has 0 bridgehead atoms. The van der Waals surface area contributed by atoms with Gasteiger partial charge in [-0.2, -0.15) is 8.42 Å². The lowest BCUT2D eigenvalue weighted by atomic mass is 10.2. The molecule has 2 aromatic rings. The molecule has 0 aromatic heterocycles.